The fourth-order valence-electron chi connectivity index (χ4n) is 4.40. The Hall–Kier alpha value is -1.79. The predicted octanol–water partition coefficient (Wildman–Crippen LogP) is 4.52. The van der Waals surface area contributed by atoms with Gasteiger partial charge >= 0.3 is 0 Å². The van der Waals surface area contributed by atoms with E-state index >= 15 is 0 Å². The van der Waals surface area contributed by atoms with Crippen LogP contribution in [0.15, 0.2) is 41.6 Å². The molecule has 2 atom stereocenters. The first kappa shape index (κ1) is 21.4. The lowest BCUT2D eigenvalue weighted by molar-refractivity contribution is 0.0819. The highest BCUT2D eigenvalue weighted by Crippen LogP contribution is 2.45. The molecule has 3 fully saturated rings. The van der Waals surface area contributed by atoms with Crippen LogP contribution in [0.4, 0.5) is 11.6 Å². The molecule has 2 saturated heterocycles. The summed E-state index contributed by atoms with van der Waals surface area (Å²) >= 11 is 1.79. The molecular formula is C24H34N4OS. The summed E-state index contributed by atoms with van der Waals surface area (Å²) in [6, 6.07) is 8.84. The van der Waals surface area contributed by atoms with Crippen LogP contribution in [0.5, 0.6) is 0 Å². The topological polar surface area (TPSA) is 41.5 Å². The Morgan fingerprint density at radius 2 is 1.63 bits per heavy atom. The van der Waals surface area contributed by atoms with E-state index in [0.717, 1.165) is 50.1 Å². The predicted molar refractivity (Wildman–Crippen MR) is 126 cm³/mol. The van der Waals surface area contributed by atoms with E-state index in [9.17, 15) is 0 Å². The summed E-state index contributed by atoms with van der Waals surface area (Å²) in [7, 11) is 1.81. The number of aromatic nitrogens is 2. The molecule has 30 heavy (non-hydrogen) atoms. The van der Waals surface area contributed by atoms with Crippen molar-refractivity contribution in [1.29, 1.82) is 0 Å². The summed E-state index contributed by atoms with van der Waals surface area (Å²) in [5, 5.41) is 0. The number of piperidine rings is 2. The molecule has 3 heterocycles. The average Bonchev–Trinajstić information content (AvgIpc) is 3.44. The van der Waals surface area contributed by atoms with Crippen LogP contribution in [0.2, 0.25) is 0 Å². The van der Waals surface area contributed by atoms with Gasteiger partial charge in [0.25, 0.3) is 0 Å². The van der Waals surface area contributed by atoms with E-state index in [1.54, 1.807) is 11.8 Å². The first-order valence-electron chi connectivity index (χ1n) is 11.2. The van der Waals surface area contributed by atoms with Crippen molar-refractivity contribution in [1.82, 2.24) is 9.97 Å². The quantitative estimate of drug-likeness (QED) is 0.655. The fraction of sp³-hybridized carbons (Fsp3) is 0.583. The Labute approximate surface area is 185 Å². The van der Waals surface area contributed by atoms with E-state index < -0.39 is 0 Å². The molecule has 0 radical (unpaired) electrons. The van der Waals surface area contributed by atoms with Crippen molar-refractivity contribution in [2.24, 2.45) is 11.8 Å². The summed E-state index contributed by atoms with van der Waals surface area (Å²) in [4.78, 5) is 14.9. The van der Waals surface area contributed by atoms with Crippen molar-refractivity contribution in [3.05, 3.63) is 42.2 Å². The number of benzene rings is 1. The first-order chi connectivity index (χ1) is 14.7. The van der Waals surface area contributed by atoms with Crippen LogP contribution in [-0.2, 0) is 11.2 Å². The molecule has 5 rings (SSSR count). The number of aryl methyl sites for hydroxylation is 1. The molecule has 6 heteroatoms. The number of hydrogen-bond acceptors (Lipinski definition) is 6. The molecule has 2 aromatic rings. The maximum Gasteiger partial charge on any atom is 0.225 e. The Morgan fingerprint density at radius 3 is 2.17 bits per heavy atom. The smallest absolute Gasteiger partial charge is 0.225 e. The van der Waals surface area contributed by atoms with Crippen molar-refractivity contribution in [3.8, 4) is 0 Å². The third-order valence-corrected chi connectivity index (χ3v) is 7.32. The highest BCUT2D eigenvalue weighted by Gasteiger charge is 2.45. The zero-order valence-corrected chi connectivity index (χ0v) is 19.3. The van der Waals surface area contributed by atoms with Gasteiger partial charge in [0.05, 0.1) is 6.10 Å². The van der Waals surface area contributed by atoms with Crippen LogP contribution in [0.3, 0.4) is 0 Å². The number of thioether (sulfide) groups is 1. The number of hydrogen-bond donors (Lipinski definition) is 0. The maximum atomic E-state index is 5.38. The minimum atomic E-state index is 0.460. The lowest BCUT2D eigenvalue weighted by atomic mass is 10.1. The largest absolute Gasteiger partial charge is 0.381 e. The lowest BCUT2D eigenvalue weighted by Crippen LogP contribution is -2.36. The molecule has 1 aromatic carbocycles. The molecule has 0 spiro atoms. The maximum absolute atomic E-state index is 5.38. The monoisotopic (exact) mass is 426 g/mol. The van der Waals surface area contributed by atoms with E-state index in [1.165, 1.54) is 35.7 Å². The average molecular weight is 427 g/mol. The molecular weight excluding hydrogens is 392 g/mol. The Morgan fingerprint density at radius 1 is 1.00 bits per heavy atom. The summed E-state index contributed by atoms with van der Waals surface area (Å²) in [5.41, 5.74) is 2.56. The fourth-order valence-corrected chi connectivity index (χ4v) is 4.81. The van der Waals surface area contributed by atoms with Gasteiger partial charge in [-0.05, 0) is 73.6 Å². The van der Waals surface area contributed by atoms with Gasteiger partial charge in [0, 0.05) is 56.3 Å². The van der Waals surface area contributed by atoms with Crippen molar-refractivity contribution in [3.63, 3.8) is 0 Å². The molecule has 2 unspecified atom stereocenters. The zero-order valence-electron chi connectivity index (χ0n) is 18.5. The molecule has 1 saturated carbocycles. The van der Waals surface area contributed by atoms with Gasteiger partial charge in [0.1, 0.15) is 0 Å². The van der Waals surface area contributed by atoms with Gasteiger partial charge in [0.15, 0.2) is 0 Å². The minimum absolute atomic E-state index is 0.460. The second-order valence-electron chi connectivity index (χ2n) is 8.53. The standard InChI is InChI=1S/C13H19NOS.C11H15N3/c1-15-12-7-9-14(10-8-12)11-3-5-13(16-2)6-4-11;1-2-8-4-12-11(13-5-8)14-6-9-3-10(9)7-14/h3-6,12H,7-10H2,1-2H3;4-5,9-10H,2-3,6-7H2,1H3. The normalized spacial score (nSPS) is 23.0. The van der Waals surface area contributed by atoms with E-state index in [4.69, 9.17) is 4.74 Å². The molecule has 2 aliphatic heterocycles. The van der Waals surface area contributed by atoms with Gasteiger partial charge in [-0.25, -0.2) is 9.97 Å². The number of rotatable bonds is 5. The molecule has 1 aliphatic carbocycles. The highest BCUT2D eigenvalue weighted by atomic mass is 32.2. The van der Waals surface area contributed by atoms with Crippen molar-refractivity contribution < 1.29 is 4.74 Å². The number of nitrogens with zero attached hydrogens (tertiary/aromatic N) is 4. The van der Waals surface area contributed by atoms with Gasteiger partial charge < -0.3 is 14.5 Å². The van der Waals surface area contributed by atoms with Gasteiger partial charge in [-0.3, -0.25) is 0 Å². The number of anilines is 2. The Kier molecular flexibility index (Phi) is 7.16. The van der Waals surface area contributed by atoms with E-state index in [0.29, 0.717) is 6.10 Å². The molecule has 0 amide bonds. The molecule has 3 aliphatic rings. The lowest BCUT2D eigenvalue weighted by Gasteiger charge is -2.33. The third kappa shape index (κ3) is 5.27. The van der Waals surface area contributed by atoms with Gasteiger partial charge in [-0.15, -0.1) is 11.8 Å². The van der Waals surface area contributed by atoms with Crippen molar-refractivity contribution >= 4 is 23.4 Å². The van der Waals surface area contributed by atoms with Gasteiger partial charge in [0.2, 0.25) is 5.95 Å². The highest BCUT2D eigenvalue weighted by molar-refractivity contribution is 7.98. The van der Waals surface area contributed by atoms with Gasteiger partial charge in [-0.1, -0.05) is 6.92 Å². The summed E-state index contributed by atoms with van der Waals surface area (Å²) in [6.45, 7) is 6.70. The van der Waals surface area contributed by atoms with Crippen LogP contribution >= 0.6 is 11.8 Å². The van der Waals surface area contributed by atoms with E-state index in [2.05, 4.69) is 57.2 Å². The second-order valence-corrected chi connectivity index (χ2v) is 9.41. The van der Waals surface area contributed by atoms with Crippen LogP contribution in [0.1, 0.15) is 31.7 Å². The van der Waals surface area contributed by atoms with Crippen LogP contribution in [-0.4, -0.2) is 55.6 Å². The SMILES string of the molecule is CCc1cnc(N2CC3CC3C2)nc1.COC1CCN(c2ccc(SC)cc2)CC1. The summed E-state index contributed by atoms with van der Waals surface area (Å²) in [5.74, 6) is 2.82. The Balaban J connectivity index is 0.000000146. The first-order valence-corrected chi connectivity index (χ1v) is 12.4. The van der Waals surface area contributed by atoms with Crippen LogP contribution in [0, 0.1) is 11.8 Å². The molecule has 5 nitrogen and oxygen atoms in total. The zero-order chi connectivity index (χ0) is 20.9. The summed E-state index contributed by atoms with van der Waals surface area (Å²) < 4.78 is 5.38. The third-order valence-electron chi connectivity index (χ3n) is 6.57. The molecule has 0 bridgehead atoms. The van der Waals surface area contributed by atoms with E-state index in [-0.39, 0.29) is 0 Å². The number of methoxy groups -OCH3 is 1. The van der Waals surface area contributed by atoms with Crippen molar-refractivity contribution in [2.45, 2.75) is 43.6 Å². The van der Waals surface area contributed by atoms with Crippen LogP contribution < -0.4 is 9.80 Å². The molecule has 0 N–H and O–H groups in total. The van der Waals surface area contributed by atoms with Gasteiger partial charge in [-0.2, -0.15) is 0 Å². The van der Waals surface area contributed by atoms with Crippen LogP contribution in [0.25, 0.3) is 0 Å². The molecule has 1 aromatic heterocycles. The summed E-state index contributed by atoms with van der Waals surface area (Å²) in [6.07, 6.45) is 11.2. The molecule has 162 valence electrons. The second kappa shape index (κ2) is 10.0. The Bertz CT molecular complexity index is 780. The van der Waals surface area contributed by atoms with E-state index in [1.807, 2.05) is 19.5 Å². The van der Waals surface area contributed by atoms with Crippen molar-refractivity contribution in [2.75, 3.05) is 49.3 Å². The number of fused-ring (bicyclic) bond motifs is 1. The minimum Gasteiger partial charge on any atom is -0.381 e. The number of ether oxygens (including phenoxy) is 1.